The second kappa shape index (κ2) is 4.71. The van der Waals surface area contributed by atoms with Crippen molar-refractivity contribution in [2.75, 3.05) is 4.90 Å². The molecule has 2 fully saturated rings. The second-order valence-electron chi connectivity index (χ2n) is 5.57. The molecule has 1 heterocycles. The zero-order chi connectivity index (χ0) is 14.4. The quantitative estimate of drug-likeness (QED) is 0.743. The third kappa shape index (κ3) is 1.87. The van der Waals surface area contributed by atoms with Gasteiger partial charge in [-0.15, -0.1) is 0 Å². The van der Waals surface area contributed by atoms with Crippen LogP contribution in [0.25, 0.3) is 0 Å². The maximum atomic E-state index is 12.5. The van der Waals surface area contributed by atoms with Gasteiger partial charge in [-0.3, -0.25) is 9.59 Å². The molecule has 5 heteroatoms. The van der Waals surface area contributed by atoms with Crippen molar-refractivity contribution in [3.05, 3.63) is 28.2 Å². The maximum absolute atomic E-state index is 12.5. The van der Waals surface area contributed by atoms with Crippen LogP contribution in [0.2, 0.25) is 0 Å². The number of imide groups is 1. The molecule has 1 saturated heterocycles. The van der Waals surface area contributed by atoms with Crippen molar-refractivity contribution in [1.29, 1.82) is 5.26 Å². The van der Waals surface area contributed by atoms with Gasteiger partial charge in [-0.1, -0.05) is 22.9 Å². The van der Waals surface area contributed by atoms with E-state index in [1.54, 1.807) is 18.2 Å². The molecular formula is C15H13BrN2O2. The van der Waals surface area contributed by atoms with Gasteiger partial charge in [0.25, 0.3) is 0 Å². The average Bonchev–Trinajstić information content (AvgIpc) is 2.89. The molecule has 0 radical (unpaired) electrons. The molecule has 0 bridgehead atoms. The van der Waals surface area contributed by atoms with Crippen LogP contribution in [0.1, 0.15) is 25.3 Å². The van der Waals surface area contributed by atoms with Gasteiger partial charge in [0.2, 0.25) is 11.8 Å². The fraction of sp³-hybridized carbons (Fsp3) is 0.400. The number of halogens is 1. The molecule has 3 rings (SSSR count). The number of fused-ring (bicyclic) bond motifs is 1. The standard InChI is InChI=1S/C15H13BrN2O2/c1-8-4-11-12(5-8)15(20)18(14(11)19)13-6-10(16)3-2-9(13)7-17/h2-3,6,8,11-12H,4-5H2,1H3. The summed E-state index contributed by atoms with van der Waals surface area (Å²) in [6, 6.07) is 7.07. The van der Waals surface area contributed by atoms with Crippen LogP contribution in [-0.4, -0.2) is 11.8 Å². The molecule has 2 atom stereocenters. The molecule has 1 saturated carbocycles. The minimum absolute atomic E-state index is 0.154. The molecule has 20 heavy (non-hydrogen) atoms. The zero-order valence-corrected chi connectivity index (χ0v) is 12.6. The summed E-state index contributed by atoms with van der Waals surface area (Å²) in [5.41, 5.74) is 0.752. The molecule has 1 aliphatic carbocycles. The Morgan fingerprint density at radius 2 is 1.85 bits per heavy atom. The summed E-state index contributed by atoms with van der Waals surface area (Å²) >= 11 is 3.32. The largest absolute Gasteiger partial charge is 0.274 e. The molecular weight excluding hydrogens is 320 g/mol. The highest BCUT2D eigenvalue weighted by Gasteiger charge is 2.52. The smallest absolute Gasteiger partial charge is 0.237 e. The van der Waals surface area contributed by atoms with Crippen molar-refractivity contribution < 1.29 is 9.59 Å². The number of hydrogen-bond acceptors (Lipinski definition) is 3. The molecule has 2 unspecified atom stereocenters. The first-order valence-corrected chi connectivity index (χ1v) is 7.39. The number of anilines is 1. The lowest BCUT2D eigenvalue weighted by molar-refractivity contribution is -0.123. The molecule has 1 aromatic rings. The van der Waals surface area contributed by atoms with E-state index in [9.17, 15) is 14.9 Å². The number of nitriles is 1. The van der Waals surface area contributed by atoms with Gasteiger partial charge in [0.15, 0.2) is 0 Å². The van der Waals surface area contributed by atoms with Crippen LogP contribution >= 0.6 is 15.9 Å². The Hall–Kier alpha value is -1.67. The molecule has 0 aromatic heterocycles. The lowest BCUT2D eigenvalue weighted by Gasteiger charge is -2.18. The van der Waals surface area contributed by atoms with E-state index in [0.29, 0.717) is 17.2 Å². The van der Waals surface area contributed by atoms with E-state index in [-0.39, 0.29) is 23.7 Å². The van der Waals surface area contributed by atoms with E-state index in [4.69, 9.17) is 0 Å². The SMILES string of the molecule is CC1CC2C(=O)N(c3cc(Br)ccc3C#N)C(=O)C2C1. The Bertz CT molecular complexity index is 626. The van der Waals surface area contributed by atoms with Crippen molar-refractivity contribution in [2.24, 2.45) is 17.8 Å². The topological polar surface area (TPSA) is 61.2 Å². The third-order valence-corrected chi connectivity index (χ3v) is 4.69. The highest BCUT2D eigenvalue weighted by molar-refractivity contribution is 9.10. The number of rotatable bonds is 1. The van der Waals surface area contributed by atoms with Crippen LogP contribution in [0.3, 0.4) is 0 Å². The van der Waals surface area contributed by atoms with E-state index in [1.165, 1.54) is 4.90 Å². The third-order valence-electron chi connectivity index (χ3n) is 4.19. The van der Waals surface area contributed by atoms with E-state index >= 15 is 0 Å². The summed E-state index contributed by atoms with van der Waals surface area (Å²) in [7, 11) is 0. The monoisotopic (exact) mass is 332 g/mol. The van der Waals surface area contributed by atoms with Crippen LogP contribution < -0.4 is 4.90 Å². The predicted molar refractivity (Wildman–Crippen MR) is 76.7 cm³/mol. The lowest BCUT2D eigenvalue weighted by Crippen LogP contribution is -2.32. The number of benzene rings is 1. The Morgan fingerprint density at radius 1 is 1.25 bits per heavy atom. The number of carbonyl (C=O) groups excluding carboxylic acids is 2. The van der Waals surface area contributed by atoms with Gasteiger partial charge in [0.1, 0.15) is 6.07 Å². The molecule has 4 nitrogen and oxygen atoms in total. The minimum Gasteiger partial charge on any atom is -0.274 e. The maximum Gasteiger partial charge on any atom is 0.237 e. The van der Waals surface area contributed by atoms with Crippen molar-refractivity contribution in [2.45, 2.75) is 19.8 Å². The van der Waals surface area contributed by atoms with Gasteiger partial charge in [0, 0.05) is 4.47 Å². The Kier molecular flexibility index (Phi) is 3.14. The summed E-state index contributed by atoms with van der Waals surface area (Å²) in [5, 5.41) is 9.17. The van der Waals surface area contributed by atoms with Crippen molar-refractivity contribution >= 4 is 33.4 Å². The van der Waals surface area contributed by atoms with Crippen LogP contribution in [0.4, 0.5) is 5.69 Å². The summed E-state index contributed by atoms with van der Waals surface area (Å²) < 4.78 is 0.748. The Labute approximate surface area is 125 Å². The summed E-state index contributed by atoms with van der Waals surface area (Å²) in [6.45, 7) is 2.07. The van der Waals surface area contributed by atoms with Gasteiger partial charge in [0.05, 0.1) is 23.1 Å². The second-order valence-corrected chi connectivity index (χ2v) is 6.49. The number of nitrogens with zero attached hydrogens (tertiary/aromatic N) is 2. The average molecular weight is 333 g/mol. The Balaban J connectivity index is 2.05. The van der Waals surface area contributed by atoms with Gasteiger partial charge >= 0.3 is 0 Å². The molecule has 0 spiro atoms. The fourth-order valence-corrected chi connectivity index (χ4v) is 3.65. The lowest BCUT2D eigenvalue weighted by atomic mass is 10.00. The minimum atomic E-state index is -0.206. The van der Waals surface area contributed by atoms with Crippen molar-refractivity contribution in [3.8, 4) is 6.07 Å². The highest BCUT2D eigenvalue weighted by atomic mass is 79.9. The number of carbonyl (C=O) groups is 2. The molecule has 102 valence electrons. The van der Waals surface area contributed by atoms with E-state index in [1.807, 2.05) is 6.07 Å². The zero-order valence-electron chi connectivity index (χ0n) is 11.0. The molecule has 1 aliphatic heterocycles. The van der Waals surface area contributed by atoms with Crippen LogP contribution in [0, 0.1) is 29.1 Å². The first kappa shape index (κ1) is 13.3. The van der Waals surface area contributed by atoms with Crippen LogP contribution in [-0.2, 0) is 9.59 Å². The molecule has 0 N–H and O–H groups in total. The number of amides is 2. The predicted octanol–water partition coefficient (Wildman–Crippen LogP) is 2.86. The van der Waals surface area contributed by atoms with Crippen molar-refractivity contribution in [1.82, 2.24) is 0 Å². The van der Waals surface area contributed by atoms with E-state index in [0.717, 1.165) is 17.3 Å². The first-order valence-electron chi connectivity index (χ1n) is 6.60. The van der Waals surface area contributed by atoms with E-state index in [2.05, 4.69) is 22.9 Å². The summed E-state index contributed by atoms with van der Waals surface area (Å²) in [4.78, 5) is 26.2. The number of hydrogen-bond donors (Lipinski definition) is 0. The summed E-state index contributed by atoms with van der Waals surface area (Å²) in [6.07, 6.45) is 1.53. The first-order chi connectivity index (χ1) is 9.52. The van der Waals surface area contributed by atoms with E-state index < -0.39 is 0 Å². The normalized spacial score (nSPS) is 28.6. The molecule has 2 aliphatic rings. The molecule has 1 aromatic carbocycles. The van der Waals surface area contributed by atoms with Gasteiger partial charge < -0.3 is 0 Å². The van der Waals surface area contributed by atoms with Gasteiger partial charge in [-0.2, -0.15) is 5.26 Å². The molecule has 2 amide bonds. The summed E-state index contributed by atoms with van der Waals surface area (Å²) in [5.74, 6) is -0.304. The highest BCUT2D eigenvalue weighted by Crippen LogP contribution is 2.45. The van der Waals surface area contributed by atoms with Gasteiger partial charge in [-0.25, -0.2) is 4.90 Å². The fourth-order valence-electron chi connectivity index (χ4n) is 3.30. The van der Waals surface area contributed by atoms with Crippen molar-refractivity contribution in [3.63, 3.8) is 0 Å². The van der Waals surface area contributed by atoms with Gasteiger partial charge in [-0.05, 0) is 37.0 Å². The van der Waals surface area contributed by atoms with Crippen LogP contribution in [0.5, 0.6) is 0 Å². The van der Waals surface area contributed by atoms with Crippen LogP contribution in [0.15, 0.2) is 22.7 Å². The Morgan fingerprint density at radius 3 is 2.40 bits per heavy atom.